The lowest BCUT2D eigenvalue weighted by molar-refractivity contribution is -0.250. The van der Waals surface area contributed by atoms with Crippen LogP contribution in [0.5, 0.6) is 0 Å². The number of alkyl halides is 4. The maximum absolute atomic E-state index is 12.2. The molecule has 0 bridgehead atoms. The van der Waals surface area contributed by atoms with Crippen molar-refractivity contribution in [3.8, 4) is 0 Å². The molecular formula is C9H14BrF3O2. The van der Waals surface area contributed by atoms with Crippen molar-refractivity contribution in [3.05, 3.63) is 0 Å². The molecule has 0 N–H and O–H groups in total. The third-order valence-corrected chi connectivity index (χ3v) is 3.27. The highest BCUT2D eigenvalue weighted by Crippen LogP contribution is 2.36. The molecule has 1 rings (SSSR count). The molecule has 0 radical (unpaired) electrons. The summed E-state index contributed by atoms with van der Waals surface area (Å²) < 4.78 is 46.8. The number of rotatable bonds is 4. The summed E-state index contributed by atoms with van der Waals surface area (Å²) in [5.74, 6) is 0. The monoisotopic (exact) mass is 290 g/mol. The number of halogens is 4. The quantitative estimate of drug-likeness (QED) is 0.741. The van der Waals surface area contributed by atoms with Gasteiger partial charge < -0.3 is 9.47 Å². The van der Waals surface area contributed by atoms with Crippen LogP contribution in [0.4, 0.5) is 13.2 Å². The standard InChI is InChI=1S/C9H14BrF3O2/c1-3-14-8-6(10)4-7(8)15-5(2)9(11,12)13/h5-8H,3-4H2,1-2H3. The molecule has 0 aromatic rings. The molecule has 2 nitrogen and oxygen atoms in total. The fraction of sp³-hybridized carbons (Fsp3) is 1.00. The second kappa shape index (κ2) is 5.01. The summed E-state index contributed by atoms with van der Waals surface area (Å²) in [5, 5.41) is 0. The highest BCUT2D eigenvalue weighted by atomic mass is 79.9. The molecule has 0 spiro atoms. The van der Waals surface area contributed by atoms with Crippen LogP contribution < -0.4 is 0 Å². The fourth-order valence-corrected chi connectivity index (χ4v) is 2.27. The van der Waals surface area contributed by atoms with Gasteiger partial charge in [-0.05, 0) is 20.3 Å². The fourth-order valence-electron chi connectivity index (χ4n) is 1.40. The van der Waals surface area contributed by atoms with E-state index in [-0.39, 0.29) is 10.9 Å². The van der Waals surface area contributed by atoms with Crippen molar-refractivity contribution < 1.29 is 22.6 Å². The first kappa shape index (κ1) is 13.3. The second-order valence-electron chi connectivity index (χ2n) is 3.53. The molecule has 4 unspecified atom stereocenters. The van der Waals surface area contributed by atoms with Gasteiger partial charge in [-0.15, -0.1) is 0 Å². The Morgan fingerprint density at radius 2 is 2.07 bits per heavy atom. The molecule has 0 heterocycles. The first-order valence-corrected chi connectivity index (χ1v) is 5.75. The van der Waals surface area contributed by atoms with Gasteiger partial charge in [0.2, 0.25) is 0 Å². The van der Waals surface area contributed by atoms with Crippen molar-refractivity contribution >= 4 is 15.9 Å². The summed E-state index contributed by atoms with van der Waals surface area (Å²) in [6.45, 7) is 3.31. The van der Waals surface area contributed by atoms with Gasteiger partial charge >= 0.3 is 6.18 Å². The minimum atomic E-state index is -4.30. The van der Waals surface area contributed by atoms with E-state index in [0.29, 0.717) is 13.0 Å². The zero-order chi connectivity index (χ0) is 11.6. The van der Waals surface area contributed by atoms with Crippen molar-refractivity contribution in [3.63, 3.8) is 0 Å². The van der Waals surface area contributed by atoms with E-state index in [2.05, 4.69) is 15.9 Å². The summed E-state index contributed by atoms with van der Waals surface area (Å²) in [5.41, 5.74) is 0. The summed E-state index contributed by atoms with van der Waals surface area (Å²) in [6, 6.07) is 0. The molecule has 1 aliphatic carbocycles. The molecule has 0 aliphatic heterocycles. The van der Waals surface area contributed by atoms with E-state index in [1.165, 1.54) is 0 Å². The Kier molecular flexibility index (Phi) is 4.43. The van der Waals surface area contributed by atoms with Crippen LogP contribution in [0, 0.1) is 0 Å². The summed E-state index contributed by atoms with van der Waals surface area (Å²) in [7, 11) is 0. The minimum Gasteiger partial charge on any atom is -0.375 e. The first-order chi connectivity index (χ1) is 6.86. The average molecular weight is 291 g/mol. The highest BCUT2D eigenvalue weighted by molar-refractivity contribution is 9.09. The Balaban J connectivity index is 2.40. The van der Waals surface area contributed by atoms with Crippen LogP contribution in [-0.2, 0) is 9.47 Å². The lowest BCUT2D eigenvalue weighted by atomic mass is 9.91. The van der Waals surface area contributed by atoms with Crippen LogP contribution in [0.25, 0.3) is 0 Å². The van der Waals surface area contributed by atoms with Gasteiger partial charge in [0.25, 0.3) is 0 Å². The topological polar surface area (TPSA) is 18.5 Å². The molecule has 0 aromatic carbocycles. The Morgan fingerprint density at radius 3 is 2.47 bits per heavy atom. The lowest BCUT2D eigenvalue weighted by Crippen LogP contribution is -2.53. The molecule has 0 saturated heterocycles. The van der Waals surface area contributed by atoms with E-state index < -0.39 is 18.4 Å². The Hall–Kier alpha value is 0.190. The molecule has 0 amide bonds. The summed E-state index contributed by atoms with van der Waals surface area (Å²) in [4.78, 5) is 0.0999. The predicted molar refractivity (Wildman–Crippen MR) is 53.1 cm³/mol. The highest BCUT2D eigenvalue weighted by Gasteiger charge is 2.46. The van der Waals surface area contributed by atoms with Crippen molar-refractivity contribution in [1.82, 2.24) is 0 Å². The zero-order valence-electron chi connectivity index (χ0n) is 8.55. The van der Waals surface area contributed by atoms with Crippen molar-refractivity contribution in [2.45, 2.75) is 49.6 Å². The Morgan fingerprint density at radius 1 is 1.47 bits per heavy atom. The van der Waals surface area contributed by atoms with Gasteiger partial charge in [-0.2, -0.15) is 13.2 Å². The smallest absolute Gasteiger partial charge is 0.375 e. The number of hydrogen-bond acceptors (Lipinski definition) is 2. The third kappa shape index (κ3) is 3.32. The number of hydrogen-bond donors (Lipinski definition) is 0. The van der Waals surface area contributed by atoms with Crippen LogP contribution in [0.15, 0.2) is 0 Å². The van der Waals surface area contributed by atoms with E-state index in [4.69, 9.17) is 9.47 Å². The van der Waals surface area contributed by atoms with Crippen LogP contribution >= 0.6 is 15.9 Å². The van der Waals surface area contributed by atoms with Gasteiger partial charge in [0, 0.05) is 11.4 Å². The largest absolute Gasteiger partial charge is 0.414 e. The zero-order valence-corrected chi connectivity index (χ0v) is 10.1. The van der Waals surface area contributed by atoms with E-state index in [1.807, 2.05) is 6.92 Å². The van der Waals surface area contributed by atoms with Gasteiger partial charge in [0.05, 0.1) is 12.2 Å². The van der Waals surface area contributed by atoms with Gasteiger partial charge in [-0.1, -0.05) is 15.9 Å². The van der Waals surface area contributed by atoms with E-state index in [1.54, 1.807) is 0 Å². The van der Waals surface area contributed by atoms with E-state index in [9.17, 15) is 13.2 Å². The average Bonchev–Trinajstić information content (AvgIpc) is 2.12. The molecular weight excluding hydrogens is 277 g/mol. The van der Waals surface area contributed by atoms with Crippen LogP contribution in [-0.4, -0.2) is 35.9 Å². The van der Waals surface area contributed by atoms with Crippen LogP contribution in [0.1, 0.15) is 20.3 Å². The van der Waals surface area contributed by atoms with Crippen molar-refractivity contribution in [2.24, 2.45) is 0 Å². The molecule has 6 heteroatoms. The van der Waals surface area contributed by atoms with Crippen molar-refractivity contribution in [2.75, 3.05) is 6.61 Å². The van der Waals surface area contributed by atoms with E-state index in [0.717, 1.165) is 6.92 Å². The molecule has 4 atom stereocenters. The van der Waals surface area contributed by atoms with Crippen molar-refractivity contribution in [1.29, 1.82) is 0 Å². The SMILES string of the molecule is CCOC1C(Br)CC1OC(C)C(F)(F)F. The maximum atomic E-state index is 12.2. The Labute approximate surface area is 95.2 Å². The second-order valence-corrected chi connectivity index (χ2v) is 4.71. The first-order valence-electron chi connectivity index (χ1n) is 4.84. The van der Waals surface area contributed by atoms with Crippen LogP contribution in [0.2, 0.25) is 0 Å². The van der Waals surface area contributed by atoms with Gasteiger partial charge in [0.15, 0.2) is 6.10 Å². The normalized spacial score (nSPS) is 33.6. The lowest BCUT2D eigenvalue weighted by Gasteiger charge is -2.42. The number of ether oxygens (including phenoxy) is 2. The van der Waals surface area contributed by atoms with Gasteiger partial charge in [-0.3, -0.25) is 0 Å². The summed E-state index contributed by atoms with van der Waals surface area (Å²) >= 11 is 3.32. The van der Waals surface area contributed by atoms with Crippen LogP contribution in [0.3, 0.4) is 0 Å². The van der Waals surface area contributed by atoms with Gasteiger partial charge in [-0.25, -0.2) is 0 Å². The maximum Gasteiger partial charge on any atom is 0.414 e. The molecule has 0 aromatic heterocycles. The molecule has 1 aliphatic rings. The summed E-state index contributed by atoms with van der Waals surface area (Å²) in [6.07, 6.45) is -6.18. The molecule has 1 saturated carbocycles. The van der Waals surface area contributed by atoms with Gasteiger partial charge in [0.1, 0.15) is 0 Å². The molecule has 15 heavy (non-hydrogen) atoms. The molecule has 90 valence electrons. The Bertz CT molecular complexity index is 210. The third-order valence-electron chi connectivity index (χ3n) is 2.38. The minimum absolute atomic E-state index is 0.0999. The predicted octanol–water partition coefficient (Wildman–Crippen LogP) is 2.89. The van der Waals surface area contributed by atoms with E-state index >= 15 is 0 Å². The molecule has 1 fully saturated rings.